The Balaban J connectivity index is 2.97. The summed E-state index contributed by atoms with van der Waals surface area (Å²) in [5.74, 6) is 10.8. The van der Waals surface area contributed by atoms with Crippen LogP contribution in [0.4, 0.5) is 0 Å². The van der Waals surface area contributed by atoms with E-state index < -0.39 is 5.60 Å². The summed E-state index contributed by atoms with van der Waals surface area (Å²) in [5, 5.41) is 9.38. The fraction of sp³-hybridized carbons (Fsp3) is 0.385. The van der Waals surface area contributed by atoms with Gasteiger partial charge in [0.1, 0.15) is 11.2 Å². The predicted molar refractivity (Wildman–Crippen MR) is 66.1 cm³/mol. The summed E-state index contributed by atoms with van der Waals surface area (Å²) in [6, 6.07) is 0.208. The second kappa shape index (κ2) is 5.90. The van der Waals surface area contributed by atoms with E-state index in [0.29, 0.717) is 11.4 Å². The van der Waals surface area contributed by atoms with Gasteiger partial charge < -0.3 is 14.6 Å². The minimum absolute atomic E-state index is 0.208. The molecule has 0 aliphatic rings. The molecule has 0 atom stereocenters. The third kappa shape index (κ3) is 4.32. The van der Waals surface area contributed by atoms with Crippen molar-refractivity contribution in [1.82, 2.24) is 9.97 Å². The zero-order valence-corrected chi connectivity index (χ0v) is 10.7. The van der Waals surface area contributed by atoms with Gasteiger partial charge in [-0.25, -0.2) is 4.98 Å². The highest BCUT2D eigenvalue weighted by Gasteiger charge is 2.06. The minimum Gasteiger partial charge on any atom is -0.480 e. The molecule has 0 aliphatic carbocycles. The molecular weight excluding hydrogens is 232 g/mol. The number of nitrogens with zero attached hydrogens (tertiary/aromatic N) is 2. The molecule has 0 amide bonds. The SMILES string of the molecule is COc1ncc(C#CC#CC(C)(C)O)c(OC)n1. The molecule has 0 saturated heterocycles. The maximum atomic E-state index is 9.38. The van der Waals surface area contributed by atoms with E-state index in [1.54, 1.807) is 13.8 Å². The highest BCUT2D eigenvalue weighted by Crippen LogP contribution is 2.15. The number of rotatable bonds is 2. The van der Waals surface area contributed by atoms with Gasteiger partial charge in [0.05, 0.1) is 20.4 Å². The fourth-order valence-electron chi connectivity index (χ4n) is 0.973. The molecule has 0 fully saturated rings. The van der Waals surface area contributed by atoms with Crippen LogP contribution in [0.1, 0.15) is 19.4 Å². The first kappa shape index (κ1) is 13.8. The molecule has 1 aromatic heterocycles. The maximum Gasteiger partial charge on any atom is 0.319 e. The Hall–Kier alpha value is -2.24. The zero-order chi connectivity index (χ0) is 13.6. The lowest BCUT2D eigenvalue weighted by molar-refractivity contribution is 0.143. The summed E-state index contributed by atoms with van der Waals surface area (Å²) in [6.07, 6.45) is 1.49. The van der Waals surface area contributed by atoms with E-state index in [0.717, 1.165) is 0 Å². The van der Waals surface area contributed by atoms with Crippen LogP contribution in [0.25, 0.3) is 0 Å². The van der Waals surface area contributed by atoms with Gasteiger partial charge in [0.15, 0.2) is 0 Å². The van der Waals surface area contributed by atoms with Crippen LogP contribution < -0.4 is 9.47 Å². The molecule has 0 aliphatic heterocycles. The van der Waals surface area contributed by atoms with Crippen LogP contribution in [0.15, 0.2) is 6.20 Å². The largest absolute Gasteiger partial charge is 0.480 e. The number of aromatic nitrogens is 2. The maximum absolute atomic E-state index is 9.38. The highest BCUT2D eigenvalue weighted by molar-refractivity contribution is 5.45. The summed E-state index contributed by atoms with van der Waals surface area (Å²) in [5.41, 5.74) is -0.557. The molecule has 5 nitrogen and oxygen atoms in total. The van der Waals surface area contributed by atoms with Gasteiger partial charge in [0, 0.05) is 0 Å². The van der Waals surface area contributed by atoms with Crippen molar-refractivity contribution < 1.29 is 14.6 Å². The molecule has 0 unspecified atom stereocenters. The van der Waals surface area contributed by atoms with Crippen molar-refractivity contribution in [3.8, 4) is 35.6 Å². The van der Waals surface area contributed by atoms with Gasteiger partial charge in [0.25, 0.3) is 0 Å². The number of aliphatic hydroxyl groups is 1. The molecule has 1 aromatic rings. The van der Waals surface area contributed by atoms with Crippen LogP contribution in [-0.2, 0) is 0 Å². The number of methoxy groups -OCH3 is 2. The summed E-state index contributed by atoms with van der Waals surface area (Å²) < 4.78 is 9.93. The third-order valence-electron chi connectivity index (χ3n) is 1.74. The Morgan fingerprint density at radius 1 is 1.22 bits per heavy atom. The second-order valence-electron chi connectivity index (χ2n) is 3.84. The van der Waals surface area contributed by atoms with Crippen molar-refractivity contribution in [3.05, 3.63) is 11.8 Å². The van der Waals surface area contributed by atoms with Crippen molar-refractivity contribution in [1.29, 1.82) is 0 Å². The van der Waals surface area contributed by atoms with E-state index in [2.05, 4.69) is 33.6 Å². The molecular formula is C13H14N2O3. The highest BCUT2D eigenvalue weighted by atomic mass is 16.5. The summed E-state index contributed by atoms with van der Waals surface area (Å²) in [6.45, 7) is 3.16. The Morgan fingerprint density at radius 2 is 1.94 bits per heavy atom. The van der Waals surface area contributed by atoms with Gasteiger partial charge in [0.2, 0.25) is 5.88 Å². The molecule has 5 heteroatoms. The van der Waals surface area contributed by atoms with Crippen molar-refractivity contribution in [2.24, 2.45) is 0 Å². The lowest BCUT2D eigenvalue weighted by Crippen LogP contribution is -2.14. The predicted octanol–water partition coefficient (Wildman–Crippen LogP) is 0.620. The van der Waals surface area contributed by atoms with Crippen molar-refractivity contribution in [2.45, 2.75) is 19.4 Å². The standard InChI is InChI=1S/C13H14N2O3/c1-13(2,16)8-6-5-7-10-9-14-12(18-4)15-11(10)17-3/h9,16H,1-4H3. The van der Waals surface area contributed by atoms with Gasteiger partial charge in [-0.15, -0.1) is 0 Å². The minimum atomic E-state index is -1.06. The van der Waals surface area contributed by atoms with E-state index in [1.807, 2.05) is 0 Å². The Morgan fingerprint density at radius 3 is 2.50 bits per heavy atom. The lowest BCUT2D eigenvalue weighted by atomic mass is 10.1. The topological polar surface area (TPSA) is 64.5 Å². The van der Waals surface area contributed by atoms with E-state index in [-0.39, 0.29) is 6.01 Å². The molecule has 0 radical (unpaired) electrons. The lowest BCUT2D eigenvalue weighted by Gasteiger charge is -2.04. The van der Waals surface area contributed by atoms with Crippen LogP contribution in [0.3, 0.4) is 0 Å². The average molecular weight is 246 g/mol. The van der Waals surface area contributed by atoms with E-state index >= 15 is 0 Å². The quantitative estimate of drug-likeness (QED) is 0.775. The van der Waals surface area contributed by atoms with Gasteiger partial charge >= 0.3 is 6.01 Å². The summed E-state index contributed by atoms with van der Waals surface area (Å²) in [4.78, 5) is 7.90. The number of hydrogen-bond donors (Lipinski definition) is 1. The Bertz CT molecular complexity index is 539. The van der Waals surface area contributed by atoms with Crippen molar-refractivity contribution in [2.75, 3.05) is 14.2 Å². The third-order valence-corrected chi connectivity index (χ3v) is 1.74. The zero-order valence-electron chi connectivity index (χ0n) is 10.7. The molecule has 1 rings (SSSR count). The average Bonchev–Trinajstić information content (AvgIpc) is 2.33. The molecule has 0 bridgehead atoms. The van der Waals surface area contributed by atoms with E-state index in [4.69, 9.17) is 9.47 Å². The van der Waals surface area contributed by atoms with Gasteiger partial charge in [-0.05, 0) is 31.6 Å². The second-order valence-corrected chi connectivity index (χ2v) is 3.84. The monoisotopic (exact) mass is 246 g/mol. The molecule has 1 N–H and O–H groups in total. The first-order valence-electron chi connectivity index (χ1n) is 5.17. The molecule has 94 valence electrons. The molecule has 1 heterocycles. The first-order valence-corrected chi connectivity index (χ1v) is 5.17. The molecule has 18 heavy (non-hydrogen) atoms. The van der Waals surface area contributed by atoms with E-state index in [1.165, 1.54) is 20.4 Å². The molecule has 0 spiro atoms. The Kier molecular flexibility index (Phi) is 4.53. The van der Waals surface area contributed by atoms with Crippen LogP contribution in [0.5, 0.6) is 11.9 Å². The number of ether oxygens (including phenoxy) is 2. The van der Waals surface area contributed by atoms with Crippen LogP contribution in [0.2, 0.25) is 0 Å². The van der Waals surface area contributed by atoms with Crippen LogP contribution in [-0.4, -0.2) is 34.9 Å². The smallest absolute Gasteiger partial charge is 0.319 e. The van der Waals surface area contributed by atoms with Crippen LogP contribution in [0, 0.1) is 23.7 Å². The number of hydrogen-bond acceptors (Lipinski definition) is 5. The molecule has 0 saturated carbocycles. The van der Waals surface area contributed by atoms with Crippen molar-refractivity contribution >= 4 is 0 Å². The summed E-state index contributed by atoms with van der Waals surface area (Å²) >= 11 is 0. The van der Waals surface area contributed by atoms with Gasteiger partial charge in [-0.1, -0.05) is 5.92 Å². The van der Waals surface area contributed by atoms with Crippen molar-refractivity contribution in [3.63, 3.8) is 0 Å². The van der Waals surface area contributed by atoms with Crippen LogP contribution >= 0.6 is 0 Å². The fourth-order valence-corrected chi connectivity index (χ4v) is 0.973. The summed E-state index contributed by atoms with van der Waals surface area (Å²) in [7, 11) is 2.95. The van der Waals surface area contributed by atoms with Gasteiger partial charge in [-0.3, -0.25) is 0 Å². The normalized spacial score (nSPS) is 9.61. The Labute approximate surface area is 106 Å². The molecule has 0 aromatic carbocycles. The first-order chi connectivity index (χ1) is 8.46. The van der Waals surface area contributed by atoms with Gasteiger partial charge in [-0.2, -0.15) is 4.98 Å². The van der Waals surface area contributed by atoms with E-state index in [9.17, 15) is 5.11 Å².